The lowest BCUT2D eigenvalue weighted by molar-refractivity contribution is -0.157. The van der Waals surface area contributed by atoms with Crippen molar-refractivity contribution >= 4 is 29.6 Å². The van der Waals surface area contributed by atoms with E-state index in [1.807, 2.05) is 0 Å². The van der Waals surface area contributed by atoms with E-state index in [1.54, 1.807) is 76.4 Å². The second kappa shape index (κ2) is 82.9. The number of nitrogens with zero attached hydrogens (tertiary/aromatic N) is 1. The van der Waals surface area contributed by atoms with Crippen LogP contribution in [0.5, 0.6) is 5.75 Å². The van der Waals surface area contributed by atoms with Crippen LogP contribution in [0.25, 0.3) is 0 Å². The smallest absolute Gasteiger partial charge is 0.344 e. The maximum atomic E-state index is 13.5. The third-order valence-electron chi connectivity index (χ3n) is 15.9. The molecule has 700 valence electrons. The Hall–Kier alpha value is -5.33. The molecule has 1 atom stereocenters. The molecule has 1 heterocycles. The van der Waals surface area contributed by atoms with Crippen LogP contribution in [0.2, 0.25) is 0 Å². The highest BCUT2D eigenvalue weighted by Crippen LogP contribution is 2.22. The molecule has 2 aromatic rings. The number of imide groups is 1. The fourth-order valence-electron chi connectivity index (χ4n) is 9.92. The van der Waals surface area contributed by atoms with E-state index in [4.69, 9.17) is 142 Å². The van der Waals surface area contributed by atoms with Crippen LogP contribution < -0.4 is 15.4 Å². The van der Waals surface area contributed by atoms with Crippen molar-refractivity contribution in [2.75, 3.05) is 390 Å². The van der Waals surface area contributed by atoms with E-state index in [0.717, 1.165) is 5.56 Å². The van der Waals surface area contributed by atoms with E-state index < -0.39 is 23.5 Å². The fraction of sp³-hybridized carbons (Fsp3) is 0.795. The largest absolute Gasteiger partial charge is 0.482 e. The average Bonchev–Trinajstić information content (AvgIpc) is 1.64. The Balaban J connectivity index is 0.972. The van der Waals surface area contributed by atoms with Crippen LogP contribution >= 0.6 is 0 Å². The molecule has 0 spiro atoms. The molecule has 121 heavy (non-hydrogen) atoms. The number of nitrogens with one attached hydrogen (secondary N) is 2. The summed E-state index contributed by atoms with van der Waals surface area (Å²) >= 11 is 0. The van der Waals surface area contributed by atoms with Crippen molar-refractivity contribution < 1.29 is 166 Å². The van der Waals surface area contributed by atoms with E-state index in [-0.39, 0.29) is 89.9 Å². The number of hydrogen-bond acceptors (Lipinski definition) is 35. The predicted octanol–water partition coefficient (Wildman–Crippen LogP) is 2.33. The normalized spacial score (nSPS) is 12.5. The average molecular weight is 1740 g/mol. The summed E-state index contributed by atoms with van der Waals surface area (Å²) in [7, 11) is 1.64. The molecule has 0 fully saturated rings. The van der Waals surface area contributed by atoms with Gasteiger partial charge in [0.2, 0.25) is 11.8 Å². The van der Waals surface area contributed by atoms with Crippen molar-refractivity contribution in [3.63, 3.8) is 0 Å². The Morgan fingerprint density at radius 3 is 0.835 bits per heavy atom. The highest BCUT2D eigenvalue weighted by Gasteiger charge is 2.34. The lowest BCUT2D eigenvalue weighted by Crippen LogP contribution is -2.48. The van der Waals surface area contributed by atoms with Crippen LogP contribution in [0, 0.1) is 0 Å². The quantitative estimate of drug-likeness (QED) is 0.0545. The number of rotatable bonds is 94. The van der Waals surface area contributed by atoms with Crippen molar-refractivity contribution in [1.29, 1.82) is 0 Å². The topological polar surface area (TPSA) is 390 Å². The molecule has 0 saturated carbocycles. The Bertz CT molecular complexity index is 2660. The zero-order valence-electron chi connectivity index (χ0n) is 72.4. The summed E-state index contributed by atoms with van der Waals surface area (Å²) in [5, 5.41) is 5.66. The number of esters is 1. The molecule has 38 nitrogen and oxygen atoms in total. The third-order valence-corrected chi connectivity index (χ3v) is 15.9. The minimum absolute atomic E-state index is 0.00124. The van der Waals surface area contributed by atoms with Crippen LogP contribution in [0.1, 0.15) is 53.5 Å². The van der Waals surface area contributed by atoms with Gasteiger partial charge in [0.25, 0.3) is 11.8 Å². The second-order valence-electron chi connectivity index (χ2n) is 26.7. The Morgan fingerprint density at radius 2 is 0.570 bits per heavy atom. The van der Waals surface area contributed by atoms with Gasteiger partial charge in [0, 0.05) is 26.5 Å². The highest BCUT2D eigenvalue weighted by atomic mass is 16.6. The van der Waals surface area contributed by atoms with Crippen molar-refractivity contribution in [2.45, 2.75) is 45.3 Å². The summed E-state index contributed by atoms with van der Waals surface area (Å²) in [6.45, 7) is 29.0. The number of ether oxygens (including phenoxy) is 30. The maximum Gasteiger partial charge on any atom is 0.344 e. The van der Waals surface area contributed by atoms with E-state index in [2.05, 4.69) is 10.6 Å². The minimum Gasteiger partial charge on any atom is -0.482 e. The Morgan fingerprint density at radius 1 is 0.322 bits per heavy atom. The molecular formula is C83H143N3O35. The maximum absolute atomic E-state index is 13.5. The molecule has 38 heteroatoms. The van der Waals surface area contributed by atoms with Gasteiger partial charge < -0.3 is 153 Å². The van der Waals surface area contributed by atoms with Gasteiger partial charge in [0.05, 0.1) is 381 Å². The van der Waals surface area contributed by atoms with Crippen LogP contribution in [-0.4, -0.2) is 436 Å². The Kier molecular flexibility index (Phi) is 75.3. The molecule has 1 aliphatic rings. The van der Waals surface area contributed by atoms with Gasteiger partial charge in [-0.15, -0.1) is 0 Å². The molecule has 0 bridgehead atoms. The van der Waals surface area contributed by atoms with Crippen LogP contribution in [0.3, 0.4) is 0 Å². The number of carbonyl (C=O) groups is 5. The van der Waals surface area contributed by atoms with Crippen molar-refractivity contribution in [3.8, 4) is 5.75 Å². The van der Waals surface area contributed by atoms with Crippen LogP contribution in [-0.2, 0) is 158 Å². The predicted molar refractivity (Wildman–Crippen MR) is 437 cm³/mol. The number of methoxy groups -OCH3 is 1. The van der Waals surface area contributed by atoms with Crippen molar-refractivity contribution in [1.82, 2.24) is 15.5 Å². The third kappa shape index (κ3) is 69.6. The minimum atomic E-state index is -0.920. The molecule has 1 aliphatic heterocycles. The molecule has 0 aliphatic carbocycles. The summed E-state index contributed by atoms with van der Waals surface area (Å²) in [6, 6.07) is 12.7. The molecule has 2 N–H and O–H groups in total. The van der Waals surface area contributed by atoms with Gasteiger partial charge in [-0.1, -0.05) is 24.3 Å². The fourth-order valence-corrected chi connectivity index (χ4v) is 9.92. The molecule has 4 amide bonds. The molecule has 0 radical (unpaired) electrons. The first-order chi connectivity index (χ1) is 59.5. The first-order valence-electron chi connectivity index (χ1n) is 42.0. The van der Waals surface area contributed by atoms with Gasteiger partial charge >= 0.3 is 5.97 Å². The summed E-state index contributed by atoms with van der Waals surface area (Å²) in [5.41, 5.74) is 0.895. The van der Waals surface area contributed by atoms with Gasteiger partial charge in [-0.05, 0) is 50.6 Å². The molecule has 1 unspecified atom stereocenters. The first kappa shape index (κ1) is 110. The summed E-state index contributed by atoms with van der Waals surface area (Å²) < 4.78 is 165. The zero-order valence-corrected chi connectivity index (χ0v) is 72.4. The van der Waals surface area contributed by atoms with Gasteiger partial charge in [0.1, 0.15) is 17.4 Å². The lowest BCUT2D eigenvalue weighted by Gasteiger charge is -2.20. The van der Waals surface area contributed by atoms with E-state index in [0.29, 0.717) is 341 Å². The number of hydrogen-bond donors (Lipinski definition) is 2. The Labute approximate surface area is 714 Å². The number of fused-ring (bicyclic) bond motifs is 1. The standard InChI is InChI=1S/C83H143N3O35/c1-83(2,3)121-79(88)72-120-74-11-9-73(10-12-74)71-77(85-78(87)13-16-93-21-24-97-29-31-99-26-23-95-18-15-86-81(90)75-7-5-6-8-76(75)82(86)91)80(89)84-14-17-94-22-25-98-30-32-101-35-36-103-39-40-105-43-44-107-47-48-109-51-52-111-55-56-113-59-60-115-63-64-117-67-68-119-70-69-118-66-65-116-62-61-114-58-57-112-54-53-110-50-49-108-46-45-106-42-41-104-38-37-102-34-33-100-28-27-96-20-19-92-4/h5-12,77H,13-72H2,1-4H3,(H,84,89)(H,85,87). The van der Waals surface area contributed by atoms with Gasteiger partial charge in [-0.2, -0.15) is 0 Å². The van der Waals surface area contributed by atoms with Crippen molar-refractivity contribution in [2.24, 2.45) is 0 Å². The summed E-state index contributed by atoms with van der Waals surface area (Å²) in [5.74, 6) is -1.49. The van der Waals surface area contributed by atoms with Gasteiger partial charge in [-0.3, -0.25) is 24.1 Å². The van der Waals surface area contributed by atoms with Gasteiger partial charge in [0.15, 0.2) is 6.61 Å². The molecule has 0 saturated heterocycles. The molecule has 0 aromatic heterocycles. The monoisotopic (exact) mass is 1740 g/mol. The van der Waals surface area contributed by atoms with E-state index in [9.17, 15) is 24.0 Å². The highest BCUT2D eigenvalue weighted by molar-refractivity contribution is 6.21. The number of amides is 4. The molecular weight excluding hydrogens is 1600 g/mol. The first-order valence-corrected chi connectivity index (χ1v) is 42.0. The summed E-state index contributed by atoms with van der Waals surface area (Å²) in [4.78, 5) is 64.9. The number of benzene rings is 2. The SMILES string of the molecule is COCCOCCOCCOCCOCCOCCOCCOCCOCCOCCOCCOCCOCCOCCOCCOCCOCCOCCOCCOCCOCCOCCOCCOCCNC(=O)C(Cc1ccc(OCC(=O)OC(C)(C)C)cc1)NC(=O)CCOCCOCCOCCOCCN1C(=O)c2ccccc2C1=O. The molecule has 2 aromatic carbocycles. The van der Waals surface area contributed by atoms with Crippen LogP contribution in [0.4, 0.5) is 0 Å². The van der Waals surface area contributed by atoms with E-state index >= 15 is 0 Å². The summed E-state index contributed by atoms with van der Waals surface area (Å²) in [6.07, 6.45) is 0.172. The van der Waals surface area contributed by atoms with Crippen molar-refractivity contribution in [3.05, 3.63) is 65.2 Å². The molecule has 3 rings (SSSR count). The zero-order chi connectivity index (χ0) is 86.6. The second-order valence-corrected chi connectivity index (χ2v) is 26.7. The number of carbonyl (C=O) groups excluding carboxylic acids is 5. The van der Waals surface area contributed by atoms with E-state index in [1.165, 1.54) is 4.90 Å². The van der Waals surface area contributed by atoms with Crippen LogP contribution in [0.15, 0.2) is 48.5 Å². The van der Waals surface area contributed by atoms with Gasteiger partial charge in [-0.25, -0.2) is 4.79 Å². The lowest BCUT2D eigenvalue weighted by atomic mass is 10.0.